The van der Waals surface area contributed by atoms with Gasteiger partial charge in [-0.2, -0.15) is 11.8 Å². The van der Waals surface area contributed by atoms with Crippen LogP contribution < -0.4 is 4.74 Å². The van der Waals surface area contributed by atoms with E-state index >= 15 is 0 Å². The number of nitro benzene ring substituents is 1. The number of nitro groups is 1. The molecule has 6 nitrogen and oxygen atoms in total. The van der Waals surface area contributed by atoms with Crippen LogP contribution >= 0.6 is 11.8 Å². The molecule has 0 N–H and O–H groups in total. The summed E-state index contributed by atoms with van der Waals surface area (Å²) in [5, 5.41) is 10.8. The summed E-state index contributed by atoms with van der Waals surface area (Å²) >= 11 is 1.52. The number of hydrogen-bond donors (Lipinski definition) is 0. The number of methoxy groups -OCH3 is 2. The van der Waals surface area contributed by atoms with Crippen molar-refractivity contribution in [1.82, 2.24) is 0 Å². The van der Waals surface area contributed by atoms with Gasteiger partial charge in [0.15, 0.2) is 0 Å². The normalized spacial score (nSPS) is 11.8. The van der Waals surface area contributed by atoms with Gasteiger partial charge in [0, 0.05) is 17.6 Å². The molecular weight excluding hydrogens is 282 g/mol. The molecule has 7 heteroatoms. The van der Waals surface area contributed by atoms with Crippen molar-refractivity contribution in [2.45, 2.75) is 12.7 Å². The van der Waals surface area contributed by atoms with E-state index in [1.165, 1.54) is 38.1 Å². The first-order valence-electron chi connectivity index (χ1n) is 5.95. The molecule has 20 heavy (non-hydrogen) atoms. The van der Waals surface area contributed by atoms with Gasteiger partial charge in [-0.1, -0.05) is 6.92 Å². The Kier molecular flexibility index (Phi) is 6.30. The van der Waals surface area contributed by atoms with Gasteiger partial charge < -0.3 is 9.47 Å². The second-order valence-corrected chi connectivity index (χ2v) is 5.27. The van der Waals surface area contributed by atoms with Crippen LogP contribution in [0, 0.1) is 16.0 Å². The molecule has 1 rings (SSSR count). The SMILES string of the molecule is COC(=O)C(C)CSCc1cc(OC)cc([N+](=O)[O-])c1. The largest absolute Gasteiger partial charge is 0.496 e. The Morgan fingerprint density at radius 2 is 2.10 bits per heavy atom. The van der Waals surface area contributed by atoms with Gasteiger partial charge in [-0.3, -0.25) is 14.9 Å². The molecule has 0 radical (unpaired) electrons. The fraction of sp³-hybridized carbons (Fsp3) is 0.462. The van der Waals surface area contributed by atoms with E-state index in [0.29, 0.717) is 17.3 Å². The van der Waals surface area contributed by atoms with Crippen molar-refractivity contribution in [1.29, 1.82) is 0 Å². The van der Waals surface area contributed by atoms with Crippen LogP contribution in [0.3, 0.4) is 0 Å². The second-order valence-electron chi connectivity index (χ2n) is 4.24. The molecule has 0 aliphatic rings. The maximum absolute atomic E-state index is 11.3. The van der Waals surface area contributed by atoms with Gasteiger partial charge >= 0.3 is 5.97 Å². The van der Waals surface area contributed by atoms with Crippen LogP contribution in [0.25, 0.3) is 0 Å². The van der Waals surface area contributed by atoms with Crippen LogP contribution in [-0.2, 0) is 15.3 Å². The van der Waals surface area contributed by atoms with Crippen molar-refractivity contribution in [3.63, 3.8) is 0 Å². The zero-order valence-electron chi connectivity index (χ0n) is 11.6. The molecule has 1 unspecified atom stereocenters. The van der Waals surface area contributed by atoms with Crippen molar-refractivity contribution in [3.05, 3.63) is 33.9 Å². The summed E-state index contributed by atoms with van der Waals surface area (Å²) in [4.78, 5) is 21.6. The van der Waals surface area contributed by atoms with Gasteiger partial charge in [0.25, 0.3) is 5.69 Å². The number of carbonyl (C=O) groups excluding carboxylic acids is 1. The highest BCUT2D eigenvalue weighted by atomic mass is 32.2. The van der Waals surface area contributed by atoms with Gasteiger partial charge in [-0.15, -0.1) is 0 Å². The Labute approximate surface area is 121 Å². The lowest BCUT2D eigenvalue weighted by atomic mass is 10.2. The van der Waals surface area contributed by atoms with Gasteiger partial charge in [0.2, 0.25) is 0 Å². The predicted octanol–water partition coefficient (Wildman–Crippen LogP) is 2.65. The number of benzene rings is 1. The third-order valence-electron chi connectivity index (χ3n) is 2.64. The molecule has 0 aliphatic carbocycles. The minimum atomic E-state index is -0.451. The Hall–Kier alpha value is -1.76. The van der Waals surface area contributed by atoms with Crippen molar-refractivity contribution in [2.75, 3.05) is 20.0 Å². The third-order valence-corrected chi connectivity index (χ3v) is 3.91. The van der Waals surface area contributed by atoms with Crippen LogP contribution in [0.4, 0.5) is 5.69 Å². The summed E-state index contributed by atoms with van der Waals surface area (Å²) in [6, 6.07) is 4.65. The standard InChI is InChI=1S/C13H17NO5S/c1-9(13(15)19-3)7-20-8-10-4-11(14(16)17)6-12(5-10)18-2/h4-6,9H,7-8H2,1-3H3. The molecule has 1 aromatic rings. The van der Waals surface area contributed by atoms with E-state index in [2.05, 4.69) is 4.74 Å². The molecule has 1 aromatic carbocycles. The topological polar surface area (TPSA) is 78.7 Å². The molecule has 1 atom stereocenters. The number of esters is 1. The minimum absolute atomic E-state index is 0.000895. The first-order chi connectivity index (χ1) is 9.47. The minimum Gasteiger partial charge on any atom is -0.496 e. The number of hydrogen-bond acceptors (Lipinski definition) is 6. The van der Waals surface area contributed by atoms with Gasteiger partial charge in [0.1, 0.15) is 5.75 Å². The van der Waals surface area contributed by atoms with Crippen molar-refractivity contribution in [2.24, 2.45) is 5.92 Å². The molecule has 0 heterocycles. The Morgan fingerprint density at radius 3 is 2.65 bits per heavy atom. The molecule has 0 saturated carbocycles. The van der Waals surface area contributed by atoms with E-state index in [1.54, 1.807) is 13.0 Å². The lowest BCUT2D eigenvalue weighted by Gasteiger charge is -2.09. The van der Waals surface area contributed by atoms with Gasteiger partial charge in [-0.05, 0) is 11.6 Å². The van der Waals surface area contributed by atoms with Crippen LogP contribution in [0.5, 0.6) is 5.75 Å². The molecule has 0 saturated heterocycles. The fourth-order valence-electron chi connectivity index (χ4n) is 1.57. The number of ether oxygens (including phenoxy) is 2. The third kappa shape index (κ3) is 4.73. The molecule has 0 aromatic heterocycles. The van der Waals surface area contributed by atoms with Gasteiger partial charge in [-0.25, -0.2) is 0 Å². The average molecular weight is 299 g/mol. The van der Waals surface area contributed by atoms with Crippen LogP contribution in [0.15, 0.2) is 18.2 Å². The van der Waals surface area contributed by atoms with E-state index in [0.717, 1.165) is 5.56 Å². The highest BCUT2D eigenvalue weighted by Gasteiger charge is 2.14. The lowest BCUT2D eigenvalue weighted by Crippen LogP contribution is -2.14. The monoisotopic (exact) mass is 299 g/mol. The van der Waals surface area contributed by atoms with Crippen molar-refractivity contribution in [3.8, 4) is 5.75 Å². The van der Waals surface area contributed by atoms with E-state index in [1.807, 2.05) is 0 Å². The summed E-state index contributed by atoms with van der Waals surface area (Å²) < 4.78 is 9.68. The van der Waals surface area contributed by atoms with Crippen LogP contribution in [-0.4, -0.2) is 30.9 Å². The molecule has 0 aliphatic heterocycles. The zero-order valence-corrected chi connectivity index (χ0v) is 12.4. The first-order valence-corrected chi connectivity index (χ1v) is 7.11. The Balaban J connectivity index is 2.65. The van der Waals surface area contributed by atoms with Crippen LogP contribution in [0.1, 0.15) is 12.5 Å². The number of carbonyl (C=O) groups is 1. The highest BCUT2D eigenvalue weighted by Crippen LogP contribution is 2.26. The summed E-state index contributed by atoms with van der Waals surface area (Å²) in [5.41, 5.74) is 0.791. The van der Waals surface area contributed by atoms with Gasteiger partial charge in [0.05, 0.1) is 31.1 Å². The molecule has 0 fully saturated rings. The van der Waals surface area contributed by atoms with E-state index in [-0.39, 0.29) is 17.6 Å². The Morgan fingerprint density at radius 1 is 1.40 bits per heavy atom. The van der Waals surface area contributed by atoms with E-state index in [9.17, 15) is 14.9 Å². The Bertz CT molecular complexity index is 492. The van der Waals surface area contributed by atoms with Crippen molar-refractivity contribution < 1.29 is 19.2 Å². The fourth-order valence-corrected chi connectivity index (χ4v) is 2.58. The summed E-state index contributed by atoms with van der Waals surface area (Å²) in [6.45, 7) is 1.78. The maximum Gasteiger partial charge on any atom is 0.309 e. The number of nitrogens with zero attached hydrogens (tertiary/aromatic N) is 1. The summed E-state index contributed by atoms with van der Waals surface area (Å²) in [5.74, 6) is 1.16. The average Bonchev–Trinajstić information content (AvgIpc) is 2.45. The quantitative estimate of drug-likeness (QED) is 0.437. The first kappa shape index (κ1) is 16.3. The predicted molar refractivity (Wildman–Crippen MR) is 77.0 cm³/mol. The molecule has 0 spiro atoms. The number of rotatable bonds is 7. The number of non-ortho nitro benzene ring substituents is 1. The highest BCUT2D eigenvalue weighted by molar-refractivity contribution is 7.98. The van der Waals surface area contributed by atoms with Crippen LogP contribution in [0.2, 0.25) is 0 Å². The molecule has 0 amide bonds. The zero-order chi connectivity index (χ0) is 15.1. The number of thioether (sulfide) groups is 1. The van der Waals surface area contributed by atoms with E-state index in [4.69, 9.17) is 4.74 Å². The maximum atomic E-state index is 11.3. The molecular formula is C13H17NO5S. The van der Waals surface area contributed by atoms with Crippen molar-refractivity contribution >= 4 is 23.4 Å². The summed E-state index contributed by atoms with van der Waals surface area (Å²) in [6.07, 6.45) is 0. The molecule has 110 valence electrons. The molecule has 0 bridgehead atoms. The lowest BCUT2D eigenvalue weighted by molar-refractivity contribution is -0.385. The summed E-state index contributed by atoms with van der Waals surface area (Å²) in [7, 11) is 2.82. The second kappa shape index (κ2) is 7.74. The van der Waals surface area contributed by atoms with E-state index < -0.39 is 4.92 Å². The smallest absolute Gasteiger partial charge is 0.309 e.